The van der Waals surface area contributed by atoms with Crippen LogP contribution in [-0.2, 0) is 6.42 Å². The lowest BCUT2D eigenvalue weighted by atomic mass is 10.0. The van der Waals surface area contributed by atoms with Crippen LogP contribution < -0.4 is 10.2 Å². The zero-order valence-electron chi connectivity index (χ0n) is 15.1. The summed E-state index contributed by atoms with van der Waals surface area (Å²) in [5.41, 5.74) is 2.69. The summed E-state index contributed by atoms with van der Waals surface area (Å²) in [4.78, 5) is 23.7. The molecule has 0 saturated carbocycles. The van der Waals surface area contributed by atoms with E-state index < -0.39 is 0 Å². The number of anilines is 2. The van der Waals surface area contributed by atoms with Crippen molar-refractivity contribution in [1.82, 2.24) is 9.97 Å². The van der Waals surface area contributed by atoms with Crippen molar-refractivity contribution in [3.05, 3.63) is 47.4 Å². The number of aryl methyl sites for hydroxylation is 2. The summed E-state index contributed by atoms with van der Waals surface area (Å²) < 4.78 is 0. The number of amides is 1. The van der Waals surface area contributed by atoms with Crippen molar-refractivity contribution in [2.45, 2.75) is 46.0 Å². The van der Waals surface area contributed by atoms with Crippen LogP contribution in [0, 0.1) is 6.92 Å². The van der Waals surface area contributed by atoms with Crippen molar-refractivity contribution >= 4 is 17.4 Å². The normalized spacial score (nSPS) is 13.4. The van der Waals surface area contributed by atoms with Gasteiger partial charge in [-0.1, -0.05) is 38.0 Å². The van der Waals surface area contributed by atoms with Crippen molar-refractivity contribution < 1.29 is 4.79 Å². The van der Waals surface area contributed by atoms with E-state index in [0.717, 1.165) is 43.9 Å². The quantitative estimate of drug-likeness (QED) is 0.810. The topological polar surface area (TPSA) is 58.1 Å². The number of para-hydroxylation sites is 1. The molecule has 1 aliphatic heterocycles. The third kappa shape index (κ3) is 4.16. The highest BCUT2D eigenvalue weighted by atomic mass is 16.2. The number of rotatable bonds is 6. The lowest BCUT2D eigenvalue weighted by molar-refractivity contribution is 0.0980. The molecule has 1 aromatic carbocycles. The number of carbonyl (C=O) groups excluding carboxylic acids is 1. The van der Waals surface area contributed by atoms with Gasteiger partial charge in [0.2, 0.25) is 0 Å². The minimum absolute atomic E-state index is 0.0470. The van der Waals surface area contributed by atoms with Gasteiger partial charge in [0.1, 0.15) is 17.3 Å². The van der Waals surface area contributed by atoms with Crippen LogP contribution in [0.3, 0.4) is 0 Å². The highest BCUT2D eigenvalue weighted by Crippen LogP contribution is 2.28. The predicted octanol–water partition coefficient (Wildman–Crippen LogP) is 3.98. The maximum atomic E-state index is 13.1. The largest absolute Gasteiger partial charge is 0.370 e. The van der Waals surface area contributed by atoms with E-state index in [-0.39, 0.29) is 5.91 Å². The number of fused-ring (bicyclic) bond motifs is 1. The summed E-state index contributed by atoms with van der Waals surface area (Å²) in [6.45, 7) is 5.61. The molecule has 3 rings (SSSR count). The summed E-state index contributed by atoms with van der Waals surface area (Å²) in [5, 5.41) is 3.32. The van der Waals surface area contributed by atoms with Crippen LogP contribution in [0.25, 0.3) is 0 Å². The van der Waals surface area contributed by atoms with Gasteiger partial charge in [-0.25, -0.2) is 9.97 Å². The van der Waals surface area contributed by atoms with E-state index in [1.165, 1.54) is 18.4 Å². The molecule has 1 aliphatic rings. The molecule has 25 heavy (non-hydrogen) atoms. The zero-order valence-corrected chi connectivity index (χ0v) is 15.1. The van der Waals surface area contributed by atoms with Gasteiger partial charge in [0.25, 0.3) is 5.91 Å². The highest BCUT2D eigenvalue weighted by Gasteiger charge is 2.24. The third-order valence-electron chi connectivity index (χ3n) is 4.50. The fraction of sp³-hybridized carbons (Fsp3) is 0.450. The molecular weight excluding hydrogens is 312 g/mol. The lowest BCUT2D eigenvalue weighted by Gasteiger charge is -2.29. The summed E-state index contributed by atoms with van der Waals surface area (Å²) >= 11 is 0. The maximum Gasteiger partial charge on any atom is 0.277 e. The van der Waals surface area contributed by atoms with Gasteiger partial charge < -0.3 is 10.2 Å². The fourth-order valence-electron chi connectivity index (χ4n) is 3.24. The van der Waals surface area contributed by atoms with Crippen LogP contribution in [0.15, 0.2) is 30.3 Å². The van der Waals surface area contributed by atoms with E-state index in [1.807, 2.05) is 30.0 Å². The Kier molecular flexibility index (Phi) is 5.64. The van der Waals surface area contributed by atoms with E-state index in [0.29, 0.717) is 11.5 Å². The lowest BCUT2D eigenvalue weighted by Crippen LogP contribution is -2.36. The Hall–Kier alpha value is -2.43. The molecule has 5 nitrogen and oxygen atoms in total. The monoisotopic (exact) mass is 338 g/mol. The molecule has 1 N–H and O–H groups in total. The first-order chi connectivity index (χ1) is 12.2. The minimum atomic E-state index is -0.0470. The summed E-state index contributed by atoms with van der Waals surface area (Å²) in [6, 6.07) is 9.90. The maximum absolute atomic E-state index is 13.1. The first-order valence-electron chi connectivity index (χ1n) is 9.18. The Bertz CT molecular complexity index is 744. The summed E-state index contributed by atoms with van der Waals surface area (Å²) in [6.07, 6.45) is 5.47. The molecule has 0 radical (unpaired) electrons. The first kappa shape index (κ1) is 17.4. The number of hydrogen-bond donors (Lipinski definition) is 1. The van der Waals surface area contributed by atoms with E-state index in [4.69, 9.17) is 0 Å². The van der Waals surface area contributed by atoms with Crippen molar-refractivity contribution in [3.8, 4) is 0 Å². The van der Waals surface area contributed by atoms with Gasteiger partial charge in [-0.15, -0.1) is 0 Å². The van der Waals surface area contributed by atoms with Crippen molar-refractivity contribution in [2.75, 3.05) is 23.3 Å². The molecule has 1 aromatic heterocycles. The molecule has 2 heterocycles. The second-order valence-electron chi connectivity index (χ2n) is 6.51. The Labute approximate surface area is 149 Å². The molecule has 0 atom stereocenters. The molecule has 5 heteroatoms. The standard InChI is InChI=1S/C20H26N4O/c1-3-4-7-12-21-19-14-17(22-15(2)23-19)20(25)24-13-8-10-16-9-5-6-11-18(16)24/h5-6,9,11,14H,3-4,7-8,10,12-13H2,1-2H3,(H,21,22,23). The molecule has 0 bridgehead atoms. The number of nitrogens with zero attached hydrogens (tertiary/aromatic N) is 3. The first-order valence-corrected chi connectivity index (χ1v) is 9.18. The summed E-state index contributed by atoms with van der Waals surface area (Å²) in [7, 11) is 0. The number of aromatic nitrogens is 2. The Balaban J connectivity index is 1.79. The van der Waals surface area contributed by atoms with Crippen LogP contribution in [0.1, 0.15) is 54.5 Å². The van der Waals surface area contributed by atoms with E-state index in [9.17, 15) is 4.79 Å². The number of nitrogens with one attached hydrogen (secondary N) is 1. The highest BCUT2D eigenvalue weighted by molar-refractivity contribution is 6.05. The smallest absolute Gasteiger partial charge is 0.277 e. The van der Waals surface area contributed by atoms with E-state index in [2.05, 4.69) is 28.3 Å². The van der Waals surface area contributed by atoms with Gasteiger partial charge in [-0.3, -0.25) is 4.79 Å². The molecule has 0 fully saturated rings. The van der Waals surface area contributed by atoms with Crippen molar-refractivity contribution in [3.63, 3.8) is 0 Å². The predicted molar refractivity (Wildman–Crippen MR) is 101 cm³/mol. The number of carbonyl (C=O) groups is 1. The average molecular weight is 338 g/mol. The molecule has 132 valence electrons. The van der Waals surface area contributed by atoms with Crippen LogP contribution in [0.4, 0.5) is 11.5 Å². The van der Waals surface area contributed by atoms with Gasteiger partial charge in [0.05, 0.1) is 0 Å². The van der Waals surface area contributed by atoms with Gasteiger partial charge in [0.15, 0.2) is 0 Å². The Morgan fingerprint density at radius 3 is 2.92 bits per heavy atom. The van der Waals surface area contributed by atoms with Crippen LogP contribution in [0.5, 0.6) is 0 Å². The van der Waals surface area contributed by atoms with E-state index >= 15 is 0 Å². The van der Waals surface area contributed by atoms with Crippen molar-refractivity contribution in [1.29, 1.82) is 0 Å². The third-order valence-corrected chi connectivity index (χ3v) is 4.50. The van der Waals surface area contributed by atoms with Gasteiger partial charge in [-0.05, 0) is 37.8 Å². The molecule has 0 aliphatic carbocycles. The summed E-state index contributed by atoms with van der Waals surface area (Å²) in [5.74, 6) is 1.31. The molecule has 1 amide bonds. The second kappa shape index (κ2) is 8.10. The molecule has 0 unspecified atom stereocenters. The SMILES string of the molecule is CCCCCNc1cc(C(=O)N2CCCc3ccccc32)nc(C)n1. The van der Waals surface area contributed by atoms with Crippen molar-refractivity contribution in [2.24, 2.45) is 0 Å². The van der Waals surface area contributed by atoms with Gasteiger partial charge in [0, 0.05) is 24.8 Å². The number of benzene rings is 1. The second-order valence-corrected chi connectivity index (χ2v) is 6.51. The minimum Gasteiger partial charge on any atom is -0.370 e. The zero-order chi connectivity index (χ0) is 17.6. The number of unbranched alkanes of at least 4 members (excludes halogenated alkanes) is 2. The van der Waals surface area contributed by atoms with Crippen LogP contribution in [0.2, 0.25) is 0 Å². The Morgan fingerprint density at radius 2 is 2.08 bits per heavy atom. The average Bonchev–Trinajstić information content (AvgIpc) is 2.64. The molecular formula is C20H26N4O. The van der Waals surface area contributed by atoms with E-state index in [1.54, 1.807) is 6.07 Å². The number of hydrogen-bond acceptors (Lipinski definition) is 4. The fourth-order valence-corrected chi connectivity index (χ4v) is 3.24. The molecule has 2 aromatic rings. The van der Waals surface area contributed by atoms with Gasteiger partial charge in [-0.2, -0.15) is 0 Å². The Morgan fingerprint density at radius 1 is 1.24 bits per heavy atom. The molecule has 0 saturated heterocycles. The molecule has 0 spiro atoms. The van der Waals surface area contributed by atoms with Crippen LogP contribution in [-0.4, -0.2) is 29.0 Å². The van der Waals surface area contributed by atoms with Crippen LogP contribution >= 0.6 is 0 Å². The van der Waals surface area contributed by atoms with Gasteiger partial charge >= 0.3 is 0 Å².